The predicted octanol–water partition coefficient (Wildman–Crippen LogP) is -1.25. The molecule has 76 valence electrons. The molecule has 0 aliphatic carbocycles. The molecule has 7 nitrogen and oxygen atoms in total. The van der Waals surface area contributed by atoms with Crippen LogP contribution < -0.4 is 0 Å². The van der Waals surface area contributed by atoms with Crippen LogP contribution in [-0.2, 0) is 42.1 Å². The summed E-state index contributed by atoms with van der Waals surface area (Å²) in [6.45, 7) is 0. The van der Waals surface area contributed by atoms with Crippen LogP contribution in [0.3, 0.4) is 0 Å². The van der Waals surface area contributed by atoms with Gasteiger partial charge in [0.1, 0.15) is 0 Å². The van der Waals surface area contributed by atoms with Gasteiger partial charge in [-0.1, -0.05) is 0 Å². The van der Waals surface area contributed by atoms with E-state index < -0.39 is 36.4 Å². The molecule has 0 saturated carbocycles. The topological polar surface area (TPSA) is 132 Å². The molecule has 8 heteroatoms. The van der Waals surface area contributed by atoms with Gasteiger partial charge in [0.15, 0.2) is 5.60 Å². The van der Waals surface area contributed by atoms with Gasteiger partial charge in [0.05, 0.1) is 12.8 Å². The fraction of sp³-hybridized carbons (Fsp3) is 0.500. The van der Waals surface area contributed by atoms with Crippen molar-refractivity contribution in [3.05, 3.63) is 0 Å². The predicted molar refractivity (Wildman–Crippen MR) is 37.1 cm³/mol. The molecule has 0 rings (SSSR count). The molecular formula is C6H8HgO7. The van der Waals surface area contributed by atoms with Gasteiger partial charge < -0.3 is 20.4 Å². The minimum absolute atomic E-state index is 0. The van der Waals surface area contributed by atoms with Gasteiger partial charge in [-0.05, 0) is 0 Å². The fourth-order valence-electron chi connectivity index (χ4n) is 0.714. The van der Waals surface area contributed by atoms with E-state index in [2.05, 4.69) is 0 Å². The molecule has 0 atom stereocenters. The first-order valence-electron chi connectivity index (χ1n) is 3.17. The molecule has 0 aliphatic heterocycles. The van der Waals surface area contributed by atoms with Gasteiger partial charge in [-0.15, -0.1) is 0 Å². The van der Waals surface area contributed by atoms with Gasteiger partial charge in [0, 0.05) is 27.7 Å². The average molecular weight is 393 g/mol. The Hall–Kier alpha value is -0.695. The monoisotopic (exact) mass is 394 g/mol. The Bertz CT molecular complexity index is 233. The van der Waals surface area contributed by atoms with Gasteiger partial charge in [-0.3, -0.25) is 9.59 Å². The summed E-state index contributed by atoms with van der Waals surface area (Å²) in [6, 6.07) is 0. The van der Waals surface area contributed by atoms with Gasteiger partial charge in [-0.2, -0.15) is 0 Å². The largest absolute Gasteiger partial charge is 0.481 e. The summed E-state index contributed by atoms with van der Waals surface area (Å²) in [6.07, 6.45) is -2.29. The maximum absolute atomic E-state index is 10.3. The zero-order valence-corrected chi connectivity index (χ0v) is 12.6. The summed E-state index contributed by atoms with van der Waals surface area (Å²) in [7, 11) is 0. The van der Waals surface area contributed by atoms with Crippen LogP contribution in [0.2, 0.25) is 0 Å². The van der Waals surface area contributed by atoms with E-state index in [0.717, 1.165) is 0 Å². The summed E-state index contributed by atoms with van der Waals surface area (Å²) in [5, 5.41) is 33.8. The van der Waals surface area contributed by atoms with E-state index in [1.54, 1.807) is 0 Å². The molecule has 0 unspecified atom stereocenters. The zero-order valence-electron chi connectivity index (χ0n) is 7.13. The summed E-state index contributed by atoms with van der Waals surface area (Å²) in [5.41, 5.74) is -2.74. The van der Waals surface area contributed by atoms with Gasteiger partial charge in [0.25, 0.3) is 0 Å². The zero-order chi connectivity index (χ0) is 10.6. The minimum Gasteiger partial charge on any atom is -0.481 e. The molecule has 0 aromatic rings. The number of aliphatic carboxylic acids is 3. The van der Waals surface area contributed by atoms with Crippen molar-refractivity contribution in [3.8, 4) is 0 Å². The van der Waals surface area contributed by atoms with Gasteiger partial charge in [-0.25, -0.2) is 4.79 Å². The second kappa shape index (κ2) is 5.92. The molecular weight excluding hydrogens is 385 g/mol. The third kappa shape index (κ3) is 5.13. The van der Waals surface area contributed by atoms with Crippen molar-refractivity contribution in [1.29, 1.82) is 0 Å². The first-order chi connectivity index (χ1) is 5.78. The van der Waals surface area contributed by atoms with Crippen molar-refractivity contribution in [2.45, 2.75) is 18.4 Å². The maximum Gasteiger partial charge on any atom is 0.336 e. The van der Waals surface area contributed by atoms with Crippen LogP contribution >= 0.6 is 0 Å². The molecule has 0 spiro atoms. The van der Waals surface area contributed by atoms with Crippen LogP contribution in [0.15, 0.2) is 0 Å². The maximum atomic E-state index is 10.3. The Balaban J connectivity index is 0. The minimum atomic E-state index is -2.74. The number of rotatable bonds is 5. The number of hydrogen-bond acceptors (Lipinski definition) is 4. The molecule has 0 aromatic heterocycles. The van der Waals surface area contributed by atoms with E-state index in [-0.39, 0.29) is 27.7 Å². The molecule has 0 amide bonds. The van der Waals surface area contributed by atoms with E-state index in [9.17, 15) is 14.4 Å². The Morgan fingerprint density at radius 1 is 0.929 bits per heavy atom. The average Bonchev–Trinajstić information content (AvgIpc) is 1.82. The van der Waals surface area contributed by atoms with E-state index in [1.807, 2.05) is 0 Å². The molecule has 4 N–H and O–H groups in total. The number of carboxylic acid groups (broad SMARTS) is 3. The third-order valence-electron chi connectivity index (χ3n) is 1.29. The van der Waals surface area contributed by atoms with Gasteiger partial charge >= 0.3 is 17.9 Å². The quantitative estimate of drug-likeness (QED) is 0.430. The van der Waals surface area contributed by atoms with Crippen LogP contribution in [0.1, 0.15) is 12.8 Å². The molecule has 14 heavy (non-hydrogen) atoms. The van der Waals surface area contributed by atoms with Crippen molar-refractivity contribution < 1.29 is 62.5 Å². The molecule has 0 aromatic carbocycles. The summed E-state index contributed by atoms with van der Waals surface area (Å²) < 4.78 is 0. The first-order valence-corrected chi connectivity index (χ1v) is 3.17. The van der Waals surface area contributed by atoms with Crippen LogP contribution in [0.4, 0.5) is 0 Å². The second-order valence-electron chi connectivity index (χ2n) is 2.48. The first kappa shape index (κ1) is 15.8. The number of carbonyl (C=O) groups is 3. The third-order valence-corrected chi connectivity index (χ3v) is 1.29. The fourth-order valence-corrected chi connectivity index (χ4v) is 0.714. The van der Waals surface area contributed by atoms with E-state index in [0.29, 0.717) is 0 Å². The van der Waals surface area contributed by atoms with Crippen molar-refractivity contribution in [1.82, 2.24) is 0 Å². The normalized spacial score (nSPS) is 10.1. The Kier molecular flexibility index (Phi) is 6.66. The molecule has 0 radical (unpaired) electrons. The van der Waals surface area contributed by atoms with Crippen LogP contribution in [0, 0.1) is 0 Å². The number of carboxylic acids is 3. The van der Waals surface area contributed by atoms with E-state index >= 15 is 0 Å². The van der Waals surface area contributed by atoms with Gasteiger partial charge in [0.2, 0.25) is 0 Å². The summed E-state index contributed by atoms with van der Waals surface area (Å²) >= 11 is 0. The van der Waals surface area contributed by atoms with Crippen LogP contribution in [0.25, 0.3) is 0 Å². The number of hydrogen-bond donors (Lipinski definition) is 4. The second-order valence-corrected chi connectivity index (χ2v) is 2.48. The Labute approximate surface area is 98.9 Å². The smallest absolute Gasteiger partial charge is 0.336 e. The standard InChI is InChI=1S/C6H8O7.Hg/c7-3(8)1-6(13,5(11)12)2-4(9)10;/h13H,1-2H2,(H,7,8)(H,9,10)(H,11,12);. The Morgan fingerprint density at radius 2 is 1.21 bits per heavy atom. The van der Waals surface area contributed by atoms with E-state index in [4.69, 9.17) is 20.4 Å². The summed E-state index contributed by atoms with van der Waals surface area (Å²) in [4.78, 5) is 30.5. The van der Waals surface area contributed by atoms with Crippen molar-refractivity contribution in [3.63, 3.8) is 0 Å². The molecule has 0 heterocycles. The number of aliphatic hydroxyl groups is 1. The molecule has 0 fully saturated rings. The molecule has 0 saturated heterocycles. The van der Waals surface area contributed by atoms with Crippen LogP contribution in [-0.4, -0.2) is 43.9 Å². The molecule has 0 aliphatic rings. The molecule has 0 bridgehead atoms. The Morgan fingerprint density at radius 3 is 1.36 bits per heavy atom. The van der Waals surface area contributed by atoms with Crippen molar-refractivity contribution in [2.75, 3.05) is 0 Å². The SMILES string of the molecule is O=C(O)CC(O)(CC(=O)O)C(=O)O.[Hg]. The van der Waals surface area contributed by atoms with E-state index in [1.165, 1.54) is 0 Å². The summed E-state index contributed by atoms with van der Waals surface area (Å²) in [5.74, 6) is -5.02. The van der Waals surface area contributed by atoms with Crippen molar-refractivity contribution in [2.24, 2.45) is 0 Å². The van der Waals surface area contributed by atoms with Crippen LogP contribution in [0.5, 0.6) is 0 Å². The van der Waals surface area contributed by atoms with Crippen molar-refractivity contribution >= 4 is 17.9 Å².